The van der Waals surface area contributed by atoms with Gasteiger partial charge in [0.15, 0.2) is 0 Å². The summed E-state index contributed by atoms with van der Waals surface area (Å²) in [6, 6.07) is 7.54. The number of benzene rings is 1. The Balaban J connectivity index is 0.00000240. The first-order chi connectivity index (χ1) is 13.6. The molecule has 0 saturated carbocycles. The molecule has 2 amide bonds. The lowest BCUT2D eigenvalue weighted by atomic mass is 9.93. The molecule has 2 aliphatic rings. The standard InChI is InChI=1S/C21H25N5O2.ClH/c1-15(27)25-10-7-16-5-3-4-6-17(16)18(25)13-20(28)26-12-8-22-14-19(26)21-23-9-11-24(21)2;/h3-7,9-11,18-19,22H,8,12-14H2,1-2H3;1H. The maximum absolute atomic E-state index is 13.4. The molecule has 3 heterocycles. The van der Waals surface area contributed by atoms with Gasteiger partial charge >= 0.3 is 0 Å². The van der Waals surface area contributed by atoms with E-state index in [1.165, 1.54) is 6.92 Å². The molecule has 8 heteroatoms. The van der Waals surface area contributed by atoms with E-state index in [1.807, 2.05) is 53.1 Å². The number of fused-ring (bicyclic) bond motifs is 1. The molecular weight excluding hydrogens is 390 g/mol. The van der Waals surface area contributed by atoms with Gasteiger partial charge in [0, 0.05) is 52.2 Å². The summed E-state index contributed by atoms with van der Waals surface area (Å²) in [5, 5.41) is 3.36. The number of aromatic nitrogens is 2. The Kier molecular flexibility index (Phi) is 6.39. The lowest BCUT2D eigenvalue weighted by Gasteiger charge is -2.38. The first kappa shape index (κ1) is 21.1. The number of hydrogen-bond acceptors (Lipinski definition) is 4. The number of rotatable bonds is 3. The van der Waals surface area contributed by atoms with Crippen molar-refractivity contribution in [3.05, 3.63) is 59.8 Å². The predicted octanol–water partition coefficient (Wildman–Crippen LogP) is 2.28. The van der Waals surface area contributed by atoms with Gasteiger partial charge in [-0.05, 0) is 17.2 Å². The molecule has 2 atom stereocenters. The first-order valence-corrected chi connectivity index (χ1v) is 9.59. The van der Waals surface area contributed by atoms with E-state index in [2.05, 4.69) is 10.3 Å². The fraction of sp³-hybridized carbons (Fsp3) is 0.381. The fourth-order valence-electron chi connectivity index (χ4n) is 4.13. The van der Waals surface area contributed by atoms with Crippen molar-refractivity contribution in [3.63, 3.8) is 0 Å². The van der Waals surface area contributed by atoms with Crippen LogP contribution >= 0.6 is 12.4 Å². The number of halogens is 1. The second-order valence-electron chi connectivity index (χ2n) is 7.29. The van der Waals surface area contributed by atoms with E-state index in [4.69, 9.17) is 0 Å². The highest BCUT2D eigenvalue weighted by molar-refractivity contribution is 5.85. The molecule has 0 bridgehead atoms. The van der Waals surface area contributed by atoms with E-state index < -0.39 is 0 Å². The van der Waals surface area contributed by atoms with Crippen LogP contribution < -0.4 is 5.32 Å². The maximum atomic E-state index is 13.4. The Morgan fingerprint density at radius 2 is 2.07 bits per heavy atom. The predicted molar refractivity (Wildman–Crippen MR) is 113 cm³/mol. The second-order valence-corrected chi connectivity index (χ2v) is 7.29. The van der Waals surface area contributed by atoms with Crippen molar-refractivity contribution in [2.24, 2.45) is 7.05 Å². The van der Waals surface area contributed by atoms with E-state index >= 15 is 0 Å². The van der Waals surface area contributed by atoms with Crippen molar-refractivity contribution >= 4 is 30.3 Å². The monoisotopic (exact) mass is 415 g/mol. The lowest BCUT2D eigenvalue weighted by molar-refractivity contribution is -0.137. The van der Waals surface area contributed by atoms with E-state index in [9.17, 15) is 9.59 Å². The van der Waals surface area contributed by atoms with Gasteiger partial charge in [-0.2, -0.15) is 0 Å². The van der Waals surface area contributed by atoms with Crippen LogP contribution in [0.5, 0.6) is 0 Å². The zero-order chi connectivity index (χ0) is 19.7. The molecule has 1 aromatic carbocycles. The number of carbonyl (C=O) groups is 2. The van der Waals surface area contributed by atoms with Gasteiger partial charge < -0.3 is 19.7 Å². The van der Waals surface area contributed by atoms with Crippen LogP contribution in [0.4, 0.5) is 0 Å². The topological polar surface area (TPSA) is 70.5 Å². The average molecular weight is 416 g/mol. The molecule has 2 unspecified atom stereocenters. The van der Waals surface area contributed by atoms with Crippen LogP contribution in [0, 0.1) is 0 Å². The Hall–Kier alpha value is -2.64. The zero-order valence-electron chi connectivity index (χ0n) is 16.6. The molecule has 2 aromatic rings. The third-order valence-electron chi connectivity index (χ3n) is 5.56. The van der Waals surface area contributed by atoms with Crippen LogP contribution in [0.25, 0.3) is 6.08 Å². The van der Waals surface area contributed by atoms with Gasteiger partial charge in [0.2, 0.25) is 11.8 Å². The van der Waals surface area contributed by atoms with Crippen molar-refractivity contribution in [1.29, 1.82) is 0 Å². The minimum Gasteiger partial charge on any atom is -0.336 e. The molecule has 0 aliphatic carbocycles. The van der Waals surface area contributed by atoms with Crippen molar-refractivity contribution < 1.29 is 9.59 Å². The highest BCUT2D eigenvalue weighted by atomic mass is 35.5. The smallest absolute Gasteiger partial charge is 0.225 e. The molecule has 0 spiro atoms. The molecule has 29 heavy (non-hydrogen) atoms. The van der Waals surface area contributed by atoms with Gasteiger partial charge in [-0.25, -0.2) is 4.98 Å². The summed E-state index contributed by atoms with van der Waals surface area (Å²) in [5.41, 5.74) is 2.07. The number of hydrogen-bond donors (Lipinski definition) is 1. The third kappa shape index (κ3) is 4.06. The van der Waals surface area contributed by atoms with Crippen LogP contribution in [-0.4, -0.2) is 50.8 Å². The van der Waals surface area contributed by atoms with E-state index in [1.54, 1.807) is 17.3 Å². The summed E-state index contributed by atoms with van der Waals surface area (Å²) in [5.74, 6) is 0.841. The first-order valence-electron chi connectivity index (χ1n) is 9.59. The van der Waals surface area contributed by atoms with Gasteiger partial charge in [0.1, 0.15) is 11.9 Å². The van der Waals surface area contributed by atoms with Crippen LogP contribution in [-0.2, 0) is 16.6 Å². The number of aryl methyl sites for hydroxylation is 1. The summed E-state index contributed by atoms with van der Waals surface area (Å²) in [6.07, 6.45) is 7.62. The summed E-state index contributed by atoms with van der Waals surface area (Å²) in [6.45, 7) is 3.59. The van der Waals surface area contributed by atoms with Crippen molar-refractivity contribution in [2.45, 2.75) is 25.4 Å². The number of amides is 2. The van der Waals surface area contributed by atoms with Crippen molar-refractivity contribution in [2.75, 3.05) is 19.6 Å². The van der Waals surface area contributed by atoms with Crippen molar-refractivity contribution in [3.8, 4) is 0 Å². The molecule has 1 aromatic heterocycles. The fourth-order valence-corrected chi connectivity index (χ4v) is 4.13. The second kappa shape index (κ2) is 8.80. The van der Waals surface area contributed by atoms with Crippen LogP contribution in [0.1, 0.15) is 42.4 Å². The van der Waals surface area contributed by atoms with Crippen LogP contribution in [0.15, 0.2) is 42.9 Å². The average Bonchev–Trinajstić information content (AvgIpc) is 3.13. The molecule has 1 fully saturated rings. The molecule has 154 valence electrons. The number of carbonyl (C=O) groups excluding carboxylic acids is 2. The Labute approximate surface area is 176 Å². The highest BCUT2D eigenvalue weighted by Gasteiger charge is 2.34. The third-order valence-corrected chi connectivity index (χ3v) is 5.56. The largest absolute Gasteiger partial charge is 0.336 e. The minimum absolute atomic E-state index is 0. The quantitative estimate of drug-likeness (QED) is 0.834. The number of nitrogens with zero attached hydrogens (tertiary/aromatic N) is 4. The molecule has 2 aliphatic heterocycles. The molecule has 0 radical (unpaired) electrons. The summed E-state index contributed by atoms with van der Waals surface area (Å²) < 4.78 is 1.96. The van der Waals surface area contributed by atoms with Gasteiger partial charge in [-0.1, -0.05) is 24.3 Å². The Morgan fingerprint density at radius 3 is 2.79 bits per heavy atom. The van der Waals surface area contributed by atoms with Crippen molar-refractivity contribution in [1.82, 2.24) is 24.7 Å². The van der Waals surface area contributed by atoms with Gasteiger partial charge in [0.05, 0.1) is 12.5 Å². The number of piperazine rings is 1. The van der Waals surface area contributed by atoms with Crippen LogP contribution in [0.3, 0.4) is 0 Å². The normalized spacial score (nSPS) is 20.8. The summed E-state index contributed by atoms with van der Waals surface area (Å²) >= 11 is 0. The minimum atomic E-state index is -0.289. The summed E-state index contributed by atoms with van der Waals surface area (Å²) in [4.78, 5) is 33.6. The SMILES string of the molecule is CC(=O)N1C=Cc2ccccc2C1CC(=O)N1CCNCC1c1nccn1C.Cl. The molecule has 4 rings (SSSR count). The zero-order valence-corrected chi connectivity index (χ0v) is 17.4. The van der Waals surface area contributed by atoms with E-state index in [0.29, 0.717) is 13.1 Å². The molecule has 7 nitrogen and oxygen atoms in total. The van der Waals surface area contributed by atoms with Gasteiger partial charge in [-0.3, -0.25) is 9.59 Å². The molecule has 1 N–H and O–H groups in total. The molecule has 1 saturated heterocycles. The summed E-state index contributed by atoms with van der Waals surface area (Å²) in [7, 11) is 1.94. The molecular formula is C21H26ClN5O2. The van der Waals surface area contributed by atoms with Crippen LogP contribution in [0.2, 0.25) is 0 Å². The van der Waals surface area contributed by atoms with Gasteiger partial charge in [0.25, 0.3) is 0 Å². The lowest BCUT2D eigenvalue weighted by Crippen LogP contribution is -2.50. The Morgan fingerprint density at radius 1 is 1.28 bits per heavy atom. The highest BCUT2D eigenvalue weighted by Crippen LogP contribution is 2.34. The Bertz CT molecular complexity index is 925. The van der Waals surface area contributed by atoms with E-state index in [0.717, 1.165) is 23.5 Å². The van der Waals surface area contributed by atoms with E-state index in [-0.39, 0.29) is 42.7 Å². The van der Waals surface area contributed by atoms with Gasteiger partial charge in [-0.15, -0.1) is 12.4 Å². The number of imidazole rings is 1. The maximum Gasteiger partial charge on any atom is 0.225 e. The number of nitrogens with one attached hydrogen (secondary N) is 1.